The second-order valence-electron chi connectivity index (χ2n) is 4.69. The molecule has 1 aromatic carbocycles. The number of nitrogens with zero attached hydrogens (tertiary/aromatic N) is 4. The van der Waals surface area contributed by atoms with Crippen LogP contribution < -0.4 is 4.74 Å². The number of hydrogen-bond donors (Lipinski definition) is 0. The Morgan fingerprint density at radius 3 is 2.65 bits per heavy atom. The van der Waals surface area contributed by atoms with Gasteiger partial charge in [-0.15, -0.1) is 0 Å². The van der Waals surface area contributed by atoms with Gasteiger partial charge in [0.2, 0.25) is 5.88 Å². The highest BCUT2D eigenvalue weighted by atomic mass is 79.9. The fraction of sp³-hybridized carbons (Fsp3) is 0.0667. The lowest BCUT2D eigenvalue weighted by Crippen LogP contribution is -1.98. The zero-order chi connectivity index (χ0) is 16.4. The lowest BCUT2D eigenvalue weighted by Gasteiger charge is -2.09. The highest BCUT2D eigenvalue weighted by Gasteiger charge is 2.18. The van der Waals surface area contributed by atoms with Gasteiger partial charge in [0.25, 0.3) is 5.69 Å². The molecule has 0 aliphatic heterocycles. The lowest BCUT2D eigenvalue weighted by atomic mass is 10.2. The first-order valence-electron chi connectivity index (χ1n) is 6.63. The number of aromatic nitrogens is 3. The molecule has 0 radical (unpaired) electrons. The highest BCUT2D eigenvalue weighted by molar-refractivity contribution is 9.10. The van der Waals surface area contributed by atoms with E-state index in [-0.39, 0.29) is 11.6 Å². The average Bonchev–Trinajstić information content (AvgIpc) is 3.07. The second-order valence-corrected chi connectivity index (χ2v) is 5.48. The molecule has 23 heavy (non-hydrogen) atoms. The van der Waals surface area contributed by atoms with Crippen molar-refractivity contribution in [1.29, 1.82) is 0 Å². The smallest absolute Gasteiger partial charge is 0.291 e. The molecule has 0 saturated carbocycles. The number of ether oxygens (including phenoxy) is 1. The van der Waals surface area contributed by atoms with E-state index in [4.69, 9.17) is 4.74 Å². The fourth-order valence-electron chi connectivity index (χ4n) is 2.00. The van der Waals surface area contributed by atoms with Crippen LogP contribution in [0.1, 0.15) is 5.56 Å². The number of pyridine rings is 1. The Morgan fingerprint density at radius 2 is 2.04 bits per heavy atom. The molecule has 0 spiro atoms. The van der Waals surface area contributed by atoms with Crippen molar-refractivity contribution < 1.29 is 9.66 Å². The normalized spacial score (nSPS) is 10.5. The van der Waals surface area contributed by atoms with E-state index >= 15 is 0 Å². The third kappa shape index (κ3) is 3.07. The van der Waals surface area contributed by atoms with Crippen molar-refractivity contribution in [3.63, 3.8) is 0 Å². The summed E-state index contributed by atoms with van der Waals surface area (Å²) >= 11 is 3.30. The first kappa shape index (κ1) is 15.2. The Bertz CT molecular complexity index is 848. The summed E-state index contributed by atoms with van der Waals surface area (Å²) in [5, 5.41) is 15.0. The summed E-state index contributed by atoms with van der Waals surface area (Å²) in [4.78, 5) is 14.4. The number of halogens is 1. The van der Waals surface area contributed by atoms with Gasteiger partial charge in [-0.2, -0.15) is 5.10 Å². The van der Waals surface area contributed by atoms with Crippen molar-refractivity contribution in [3.8, 4) is 17.3 Å². The second kappa shape index (κ2) is 6.17. The molecule has 0 aliphatic rings. The van der Waals surface area contributed by atoms with E-state index < -0.39 is 4.92 Å². The third-order valence-corrected chi connectivity index (χ3v) is 4.16. The summed E-state index contributed by atoms with van der Waals surface area (Å²) in [6, 6.07) is 9.11. The quantitative estimate of drug-likeness (QED) is 0.508. The van der Waals surface area contributed by atoms with Gasteiger partial charge in [0.05, 0.1) is 15.1 Å². The Kier molecular flexibility index (Phi) is 4.07. The van der Waals surface area contributed by atoms with Crippen molar-refractivity contribution in [2.75, 3.05) is 0 Å². The van der Waals surface area contributed by atoms with Gasteiger partial charge in [0.15, 0.2) is 0 Å². The molecule has 0 aliphatic carbocycles. The van der Waals surface area contributed by atoms with E-state index in [1.165, 1.54) is 6.20 Å². The molecule has 8 heteroatoms. The van der Waals surface area contributed by atoms with Crippen molar-refractivity contribution in [2.24, 2.45) is 0 Å². The molecule has 0 atom stereocenters. The minimum atomic E-state index is -0.476. The van der Waals surface area contributed by atoms with Crippen LogP contribution in [0.25, 0.3) is 5.69 Å². The maximum Gasteiger partial charge on any atom is 0.291 e. The van der Waals surface area contributed by atoms with Crippen LogP contribution in [0.5, 0.6) is 11.6 Å². The van der Waals surface area contributed by atoms with Gasteiger partial charge < -0.3 is 4.74 Å². The minimum Gasteiger partial charge on any atom is -0.438 e. The zero-order valence-electron chi connectivity index (χ0n) is 12.0. The van der Waals surface area contributed by atoms with Gasteiger partial charge >= 0.3 is 0 Å². The van der Waals surface area contributed by atoms with Crippen molar-refractivity contribution >= 4 is 21.6 Å². The molecule has 7 nitrogen and oxygen atoms in total. The van der Waals surface area contributed by atoms with E-state index in [0.717, 1.165) is 5.69 Å². The molecule has 2 heterocycles. The highest BCUT2D eigenvalue weighted by Crippen LogP contribution is 2.34. The first-order chi connectivity index (χ1) is 11.1. The average molecular weight is 375 g/mol. The van der Waals surface area contributed by atoms with Gasteiger partial charge in [-0.25, -0.2) is 9.67 Å². The maximum absolute atomic E-state index is 10.9. The Morgan fingerprint density at radius 1 is 1.30 bits per heavy atom. The van der Waals surface area contributed by atoms with Crippen LogP contribution in [0.4, 0.5) is 5.69 Å². The van der Waals surface area contributed by atoms with Crippen LogP contribution in [0.2, 0.25) is 0 Å². The summed E-state index contributed by atoms with van der Waals surface area (Å²) in [6.07, 6.45) is 4.73. The molecule has 3 rings (SSSR count). The first-order valence-corrected chi connectivity index (χ1v) is 7.43. The van der Waals surface area contributed by atoms with Crippen molar-refractivity contribution in [1.82, 2.24) is 14.8 Å². The standard InChI is InChI=1S/C15H11BrN4O3/c1-10-13(20(21)22)9-17-15(14(10)16)23-12-5-3-11(4-6-12)19-8-2-7-18-19/h2-9H,1H3. The summed E-state index contributed by atoms with van der Waals surface area (Å²) in [5.74, 6) is 0.849. The van der Waals surface area contributed by atoms with Gasteiger partial charge in [0.1, 0.15) is 11.9 Å². The fourth-order valence-corrected chi connectivity index (χ4v) is 2.39. The summed E-state index contributed by atoms with van der Waals surface area (Å²) in [6.45, 7) is 1.64. The summed E-state index contributed by atoms with van der Waals surface area (Å²) in [7, 11) is 0. The summed E-state index contributed by atoms with van der Waals surface area (Å²) in [5.41, 5.74) is 1.31. The van der Waals surface area contributed by atoms with Gasteiger partial charge in [0, 0.05) is 18.0 Å². The Labute approximate surface area is 139 Å². The molecular formula is C15H11BrN4O3. The monoisotopic (exact) mass is 374 g/mol. The molecule has 116 valence electrons. The number of benzene rings is 1. The van der Waals surface area contributed by atoms with E-state index in [0.29, 0.717) is 15.8 Å². The van der Waals surface area contributed by atoms with Crippen molar-refractivity contribution in [3.05, 3.63) is 69.1 Å². The predicted octanol–water partition coefficient (Wildman–Crippen LogP) is 4.04. The van der Waals surface area contributed by atoms with Gasteiger partial charge in [-0.05, 0) is 53.2 Å². The van der Waals surface area contributed by atoms with Crippen LogP contribution >= 0.6 is 15.9 Å². The van der Waals surface area contributed by atoms with Crippen LogP contribution in [-0.2, 0) is 0 Å². The van der Waals surface area contributed by atoms with E-state index in [9.17, 15) is 10.1 Å². The molecule has 0 N–H and O–H groups in total. The maximum atomic E-state index is 10.9. The molecule has 0 amide bonds. The molecule has 3 aromatic rings. The molecule has 0 saturated heterocycles. The van der Waals surface area contributed by atoms with E-state index in [1.54, 1.807) is 29.9 Å². The predicted molar refractivity (Wildman–Crippen MR) is 87.0 cm³/mol. The SMILES string of the molecule is Cc1c([N+](=O)[O-])cnc(Oc2ccc(-n3cccn3)cc2)c1Br. The zero-order valence-corrected chi connectivity index (χ0v) is 13.6. The topological polar surface area (TPSA) is 83.1 Å². The third-order valence-electron chi connectivity index (χ3n) is 3.22. The Balaban J connectivity index is 1.85. The van der Waals surface area contributed by atoms with Crippen LogP contribution in [0.15, 0.2) is 53.4 Å². The molecule has 0 unspecified atom stereocenters. The Hall–Kier alpha value is -2.74. The van der Waals surface area contributed by atoms with Gasteiger partial charge in [-0.3, -0.25) is 10.1 Å². The molecule has 2 aromatic heterocycles. The minimum absolute atomic E-state index is 0.0572. The van der Waals surface area contributed by atoms with E-state index in [1.807, 2.05) is 24.4 Å². The number of rotatable bonds is 4. The molecular weight excluding hydrogens is 364 g/mol. The largest absolute Gasteiger partial charge is 0.438 e. The van der Waals surface area contributed by atoms with Crippen LogP contribution in [-0.4, -0.2) is 19.7 Å². The summed E-state index contributed by atoms with van der Waals surface area (Å²) < 4.78 is 7.88. The molecule has 0 bridgehead atoms. The number of nitro groups is 1. The van der Waals surface area contributed by atoms with Gasteiger partial charge in [-0.1, -0.05) is 0 Å². The van der Waals surface area contributed by atoms with Crippen molar-refractivity contribution in [2.45, 2.75) is 6.92 Å². The van der Waals surface area contributed by atoms with Crippen LogP contribution in [0.3, 0.4) is 0 Å². The van der Waals surface area contributed by atoms with Crippen LogP contribution in [0, 0.1) is 17.0 Å². The number of hydrogen-bond acceptors (Lipinski definition) is 5. The lowest BCUT2D eigenvalue weighted by molar-refractivity contribution is -0.385. The van der Waals surface area contributed by atoms with E-state index in [2.05, 4.69) is 26.0 Å². The molecule has 0 fully saturated rings.